The van der Waals surface area contributed by atoms with Crippen molar-refractivity contribution in [3.05, 3.63) is 65.1 Å². The molecule has 0 fully saturated rings. The van der Waals surface area contributed by atoms with Crippen LogP contribution in [0.3, 0.4) is 0 Å². The fraction of sp³-hybridized carbons (Fsp3) is 0.190. The summed E-state index contributed by atoms with van der Waals surface area (Å²) < 4.78 is 12.1. The van der Waals surface area contributed by atoms with Crippen molar-refractivity contribution in [2.45, 2.75) is 13.3 Å². The Balaban J connectivity index is 1.62. The predicted octanol–water partition coefficient (Wildman–Crippen LogP) is 5.41. The van der Waals surface area contributed by atoms with Gasteiger partial charge in [-0.3, -0.25) is 4.79 Å². The van der Waals surface area contributed by atoms with E-state index in [-0.39, 0.29) is 12.5 Å². The van der Waals surface area contributed by atoms with Gasteiger partial charge in [-0.15, -0.1) is 0 Å². The third-order valence-electron chi connectivity index (χ3n) is 3.78. The average molecular weight is 414 g/mol. The largest absolute Gasteiger partial charge is 0.494 e. The molecule has 3 aromatic carbocycles. The van der Waals surface area contributed by atoms with Crippen LogP contribution in [0.25, 0.3) is 10.8 Å². The summed E-state index contributed by atoms with van der Waals surface area (Å²) in [4.78, 5) is 12.2. The van der Waals surface area contributed by atoms with Gasteiger partial charge in [0.2, 0.25) is 0 Å². The molecule has 0 aliphatic carbocycles. The Morgan fingerprint density at radius 3 is 2.73 bits per heavy atom. The van der Waals surface area contributed by atoms with E-state index in [0.29, 0.717) is 18.0 Å². The van der Waals surface area contributed by atoms with Gasteiger partial charge < -0.3 is 14.8 Å². The van der Waals surface area contributed by atoms with Crippen molar-refractivity contribution >= 4 is 38.3 Å². The van der Waals surface area contributed by atoms with E-state index in [4.69, 9.17) is 9.47 Å². The molecule has 26 heavy (non-hydrogen) atoms. The second-order valence-corrected chi connectivity index (χ2v) is 6.60. The van der Waals surface area contributed by atoms with E-state index in [1.54, 1.807) is 6.07 Å². The SMILES string of the molecule is CCCOc1cccc(NC(=O)COc2ccc3ccccc3c2Br)c1. The minimum absolute atomic E-state index is 0.0724. The molecule has 1 amide bonds. The zero-order chi connectivity index (χ0) is 18.4. The van der Waals surface area contributed by atoms with Crippen molar-refractivity contribution in [1.29, 1.82) is 0 Å². The van der Waals surface area contributed by atoms with Crippen LogP contribution in [0.15, 0.2) is 65.1 Å². The van der Waals surface area contributed by atoms with E-state index >= 15 is 0 Å². The number of nitrogens with one attached hydrogen (secondary N) is 1. The molecule has 0 saturated carbocycles. The highest BCUT2D eigenvalue weighted by molar-refractivity contribution is 9.10. The Hall–Kier alpha value is -2.53. The maximum Gasteiger partial charge on any atom is 0.262 e. The summed E-state index contributed by atoms with van der Waals surface area (Å²) in [5.41, 5.74) is 0.685. The van der Waals surface area contributed by atoms with Crippen molar-refractivity contribution in [3.8, 4) is 11.5 Å². The van der Waals surface area contributed by atoms with Gasteiger partial charge in [0.25, 0.3) is 5.91 Å². The molecule has 0 bridgehead atoms. The molecule has 1 N–H and O–H groups in total. The topological polar surface area (TPSA) is 47.6 Å². The van der Waals surface area contributed by atoms with Crippen LogP contribution in [0.2, 0.25) is 0 Å². The third-order valence-corrected chi connectivity index (χ3v) is 4.60. The first-order chi connectivity index (χ1) is 12.7. The molecule has 0 spiro atoms. The van der Waals surface area contributed by atoms with Crippen molar-refractivity contribution < 1.29 is 14.3 Å². The molecule has 3 rings (SSSR count). The highest BCUT2D eigenvalue weighted by Crippen LogP contribution is 2.33. The molecule has 0 radical (unpaired) electrons. The molecule has 0 aliphatic rings. The van der Waals surface area contributed by atoms with Gasteiger partial charge >= 0.3 is 0 Å². The number of benzene rings is 3. The minimum atomic E-state index is -0.224. The van der Waals surface area contributed by atoms with Gasteiger partial charge in [-0.05, 0) is 51.3 Å². The monoisotopic (exact) mass is 413 g/mol. The lowest BCUT2D eigenvalue weighted by Crippen LogP contribution is -2.20. The Kier molecular flexibility index (Phi) is 6.12. The standard InChI is InChI=1S/C21H20BrNO3/c1-2-12-25-17-8-5-7-16(13-17)23-20(24)14-26-19-11-10-15-6-3-4-9-18(15)21(19)22/h3-11,13H,2,12,14H2,1H3,(H,23,24). The number of carbonyl (C=O) groups is 1. The number of amides is 1. The minimum Gasteiger partial charge on any atom is -0.494 e. The number of fused-ring (bicyclic) bond motifs is 1. The van der Waals surface area contributed by atoms with E-state index < -0.39 is 0 Å². The second-order valence-electron chi connectivity index (χ2n) is 5.81. The summed E-state index contributed by atoms with van der Waals surface area (Å²) in [5.74, 6) is 1.15. The molecule has 4 nitrogen and oxygen atoms in total. The van der Waals surface area contributed by atoms with Gasteiger partial charge in [-0.1, -0.05) is 43.3 Å². The number of rotatable bonds is 7. The number of carbonyl (C=O) groups excluding carboxylic acids is 1. The number of hydrogen-bond donors (Lipinski definition) is 1. The smallest absolute Gasteiger partial charge is 0.262 e. The predicted molar refractivity (Wildman–Crippen MR) is 108 cm³/mol. The first-order valence-corrected chi connectivity index (χ1v) is 9.29. The molecule has 0 aliphatic heterocycles. The maximum absolute atomic E-state index is 12.2. The lowest BCUT2D eigenvalue weighted by Gasteiger charge is -2.11. The van der Waals surface area contributed by atoms with Gasteiger partial charge in [0.1, 0.15) is 11.5 Å². The molecule has 0 unspecified atom stereocenters. The van der Waals surface area contributed by atoms with Crippen LogP contribution in [0.5, 0.6) is 11.5 Å². The normalized spacial score (nSPS) is 10.5. The Morgan fingerprint density at radius 2 is 1.88 bits per heavy atom. The molecule has 5 heteroatoms. The summed E-state index contributed by atoms with van der Waals surface area (Å²) >= 11 is 3.56. The molecule has 134 valence electrons. The molecular weight excluding hydrogens is 394 g/mol. The van der Waals surface area contributed by atoms with Crippen LogP contribution in [0, 0.1) is 0 Å². The fourth-order valence-corrected chi connectivity index (χ4v) is 3.16. The number of anilines is 1. The third kappa shape index (κ3) is 4.55. The first kappa shape index (κ1) is 18.3. The van der Waals surface area contributed by atoms with Crippen molar-refractivity contribution in [2.24, 2.45) is 0 Å². The van der Waals surface area contributed by atoms with Crippen molar-refractivity contribution in [2.75, 3.05) is 18.5 Å². The molecule has 0 saturated heterocycles. The van der Waals surface area contributed by atoms with Crippen molar-refractivity contribution in [1.82, 2.24) is 0 Å². The summed E-state index contributed by atoms with van der Waals surface area (Å²) in [5, 5.41) is 4.98. The van der Waals surface area contributed by atoms with Gasteiger partial charge in [-0.2, -0.15) is 0 Å². The molecule has 0 aromatic heterocycles. The van der Waals surface area contributed by atoms with E-state index in [1.165, 1.54) is 0 Å². The Morgan fingerprint density at radius 1 is 1.04 bits per heavy atom. The summed E-state index contributed by atoms with van der Waals surface area (Å²) in [6.45, 7) is 2.63. The summed E-state index contributed by atoms with van der Waals surface area (Å²) in [7, 11) is 0. The Bertz CT molecular complexity index is 911. The van der Waals surface area contributed by atoms with Crippen LogP contribution in [-0.2, 0) is 4.79 Å². The van der Waals surface area contributed by atoms with E-state index in [1.807, 2.05) is 61.5 Å². The lowest BCUT2D eigenvalue weighted by molar-refractivity contribution is -0.118. The van der Waals surface area contributed by atoms with E-state index in [2.05, 4.69) is 21.2 Å². The number of hydrogen-bond acceptors (Lipinski definition) is 3. The van der Waals surface area contributed by atoms with Crippen molar-refractivity contribution in [3.63, 3.8) is 0 Å². The highest BCUT2D eigenvalue weighted by atomic mass is 79.9. The first-order valence-electron chi connectivity index (χ1n) is 8.50. The molecule has 0 atom stereocenters. The quantitative estimate of drug-likeness (QED) is 0.563. The van der Waals surface area contributed by atoms with Gasteiger partial charge in [0.05, 0.1) is 11.1 Å². The van der Waals surface area contributed by atoms with Crippen LogP contribution in [-0.4, -0.2) is 19.1 Å². The highest BCUT2D eigenvalue weighted by Gasteiger charge is 2.09. The number of halogens is 1. The fourth-order valence-electron chi connectivity index (χ4n) is 2.55. The van der Waals surface area contributed by atoms with E-state index in [0.717, 1.165) is 27.4 Å². The van der Waals surface area contributed by atoms with Gasteiger partial charge in [0, 0.05) is 11.8 Å². The summed E-state index contributed by atoms with van der Waals surface area (Å²) in [6.07, 6.45) is 0.936. The second kappa shape index (κ2) is 8.72. The molecular formula is C21H20BrNO3. The average Bonchev–Trinajstić information content (AvgIpc) is 2.66. The zero-order valence-electron chi connectivity index (χ0n) is 14.5. The van der Waals surface area contributed by atoms with E-state index in [9.17, 15) is 4.79 Å². The summed E-state index contributed by atoms with van der Waals surface area (Å²) in [6, 6.07) is 19.2. The molecule has 3 aromatic rings. The van der Waals surface area contributed by atoms with Gasteiger partial charge in [0.15, 0.2) is 6.61 Å². The Labute approximate surface area is 161 Å². The number of ether oxygens (including phenoxy) is 2. The van der Waals surface area contributed by atoms with Crippen LogP contribution < -0.4 is 14.8 Å². The zero-order valence-corrected chi connectivity index (χ0v) is 16.1. The maximum atomic E-state index is 12.2. The lowest BCUT2D eigenvalue weighted by atomic mass is 10.1. The van der Waals surface area contributed by atoms with Crippen LogP contribution >= 0.6 is 15.9 Å². The van der Waals surface area contributed by atoms with Crippen LogP contribution in [0.1, 0.15) is 13.3 Å². The van der Waals surface area contributed by atoms with Crippen LogP contribution in [0.4, 0.5) is 5.69 Å². The van der Waals surface area contributed by atoms with Gasteiger partial charge in [-0.25, -0.2) is 0 Å². The molecule has 0 heterocycles.